The summed E-state index contributed by atoms with van der Waals surface area (Å²) in [7, 11) is 0. The van der Waals surface area contributed by atoms with E-state index in [1.54, 1.807) is 18.2 Å². The van der Waals surface area contributed by atoms with Crippen LogP contribution in [0.1, 0.15) is 5.76 Å². The van der Waals surface area contributed by atoms with Crippen LogP contribution in [-0.2, 0) is 16.1 Å². The molecule has 0 saturated heterocycles. The SMILES string of the molecule is O=C(CSc1nc2ccc([N+](=O)[O-])cc2s1)OCc1ccco1. The molecule has 0 unspecified atom stereocenters. The number of non-ortho nitro benzene ring substituents is 1. The van der Waals surface area contributed by atoms with Crippen molar-refractivity contribution in [2.75, 3.05) is 5.75 Å². The maximum Gasteiger partial charge on any atom is 0.316 e. The number of furan rings is 1. The number of rotatable bonds is 6. The van der Waals surface area contributed by atoms with Crippen LogP contribution >= 0.6 is 23.1 Å². The van der Waals surface area contributed by atoms with Gasteiger partial charge in [-0.3, -0.25) is 14.9 Å². The zero-order valence-corrected chi connectivity index (χ0v) is 13.3. The molecule has 0 aliphatic carbocycles. The third-order valence-electron chi connectivity index (χ3n) is 2.83. The van der Waals surface area contributed by atoms with Gasteiger partial charge in [-0.15, -0.1) is 11.3 Å². The van der Waals surface area contributed by atoms with E-state index in [2.05, 4.69) is 4.98 Å². The zero-order chi connectivity index (χ0) is 16.2. The number of esters is 1. The van der Waals surface area contributed by atoms with Crippen LogP contribution in [0.25, 0.3) is 10.2 Å². The number of carbonyl (C=O) groups excluding carboxylic acids is 1. The predicted molar refractivity (Wildman–Crippen MR) is 85.5 cm³/mol. The van der Waals surface area contributed by atoms with E-state index in [1.807, 2.05) is 0 Å². The van der Waals surface area contributed by atoms with E-state index in [-0.39, 0.29) is 24.0 Å². The average molecular weight is 350 g/mol. The first-order valence-corrected chi connectivity index (χ1v) is 8.28. The van der Waals surface area contributed by atoms with Crippen molar-refractivity contribution in [2.45, 2.75) is 10.9 Å². The van der Waals surface area contributed by atoms with Gasteiger partial charge in [0.15, 0.2) is 4.34 Å². The number of fused-ring (bicyclic) bond motifs is 1. The van der Waals surface area contributed by atoms with E-state index in [4.69, 9.17) is 9.15 Å². The molecule has 2 aromatic heterocycles. The van der Waals surface area contributed by atoms with Crippen molar-refractivity contribution < 1.29 is 18.9 Å². The molecule has 2 heterocycles. The van der Waals surface area contributed by atoms with Crippen LogP contribution in [0.15, 0.2) is 45.4 Å². The average Bonchev–Trinajstić information content (AvgIpc) is 3.18. The topological polar surface area (TPSA) is 95.5 Å². The van der Waals surface area contributed by atoms with Crippen molar-refractivity contribution in [1.29, 1.82) is 0 Å². The Kier molecular flexibility index (Phi) is 4.58. The van der Waals surface area contributed by atoms with E-state index in [0.717, 1.165) is 0 Å². The van der Waals surface area contributed by atoms with E-state index in [9.17, 15) is 14.9 Å². The third kappa shape index (κ3) is 3.88. The third-order valence-corrected chi connectivity index (χ3v) is 4.97. The monoisotopic (exact) mass is 350 g/mol. The molecule has 0 N–H and O–H groups in total. The van der Waals surface area contributed by atoms with Gasteiger partial charge >= 0.3 is 5.97 Å². The Bertz CT molecular complexity index is 844. The lowest BCUT2D eigenvalue weighted by molar-refractivity contribution is -0.384. The van der Waals surface area contributed by atoms with Gasteiger partial charge < -0.3 is 9.15 Å². The first-order valence-electron chi connectivity index (χ1n) is 6.47. The Morgan fingerprint density at radius 1 is 1.43 bits per heavy atom. The van der Waals surface area contributed by atoms with E-state index in [1.165, 1.54) is 41.5 Å². The summed E-state index contributed by atoms with van der Waals surface area (Å²) in [4.78, 5) is 26.3. The number of thiazole rings is 1. The van der Waals surface area contributed by atoms with E-state index >= 15 is 0 Å². The second-order valence-electron chi connectivity index (χ2n) is 4.42. The Balaban J connectivity index is 1.58. The molecule has 23 heavy (non-hydrogen) atoms. The Labute approximate surface area is 138 Å². The minimum Gasteiger partial charge on any atom is -0.466 e. The summed E-state index contributed by atoms with van der Waals surface area (Å²) in [5.41, 5.74) is 0.697. The number of thioether (sulfide) groups is 1. The van der Waals surface area contributed by atoms with Crippen molar-refractivity contribution in [2.24, 2.45) is 0 Å². The summed E-state index contributed by atoms with van der Waals surface area (Å²) in [5.74, 6) is 0.315. The Morgan fingerprint density at radius 3 is 3.04 bits per heavy atom. The van der Waals surface area contributed by atoms with Crippen LogP contribution < -0.4 is 0 Å². The highest BCUT2D eigenvalue weighted by Gasteiger charge is 2.12. The predicted octanol–water partition coefficient (Wildman–Crippen LogP) is 3.63. The van der Waals surface area contributed by atoms with Crippen LogP contribution in [0.3, 0.4) is 0 Å². The molecule has 0 amide bonds. The fourth-order valence-corrected chi connectivity index (χ4v) is 3.68. The number of hydrogen-bond donors (Lipinski definition) is 0. The molecule has 0 aliphatic rings. The molecular weight excluding hydrogens is 340 g/mol. The van der Waals surface area contributed by atoms with Gasteiger partial charge in [-0.2, -0.15) is 0 Å². The second kappa shape index (κ2) is 6.80. The molecule has 3 rings (SSSR count). The van der Waals surface area contributed by atoms with Gasteiger partial charge in [-0.1, -0.05) is 11.8 Å². The lowest BCUT2D eigenvalue weighted by Crippen LogP contribution is -2.06. The lowest BCUT2D eigenvalue weighted by atomic mass is 10.3. The number of ether oxygens (including phenoxy) is 1. The second-order valence-corrected chi connectivity index (χ2v) is 6.67. The smallest absolute Gasteiger partial charge is 0.316 e. The van der Waals surface area contributed by atoms with Gasteiger partial charge in [-0.05, 0) is 18.2 Å². The fraction of sp³-hybridized carbons (Fsp3) is 0.143. The molecule has 9 heteroatoms. The standard InChI is InChI=1S/C14H10N2O5S2/c17-13(21-7-10-2-1-5-20-10)8-22-14-15-11-4-3-9(16(18)19)6-12(11)23-14/h1-6H,7-8H2. The minimum atomic E-state index is -0.446. The first kappa shape index (κ1) is 15.5. The maximum atomic E-state index is 11.7. The number of benzene rings is 1. The number of hydrogen-bond acceptors (Lipinski definition) is 8. The molecule has 0 aliphatic heterocycles. The number of nitrogens with zero attached hydrogens (tertiary/aromatic N) is 2. The van der Waals surface area contributed by atoms with Crippen molar-refractivity contribution in [3.05, 3.63) is 52.5 Å². The summed E-state index contributed by atoms with van der Waals surface area (Å²) in [5, 5.41) is 10.8. The lowest BCUT2D eigenvalue weighted by Gasteiger charge is -2.00. The van der Waals surface area contributed by atoms with Gasteiger partial charge in [-0.25, -0.2) is 4.98 Å². The van der Waals surface area contributed by atoms with Gasteiger partial charge in [0.05, 0.1) is 27.2 Å². The molecule has 0 spiro atoms. The first-order chi connectivity index (χ1) is 11.1. The molecule has 1 aromatic carbocycles. The highest BCUT2D eigenvalue weighted by molar-refractivity contribution is 8.01. The number of nitro groups is 1. The van der Waals surface area contributed by atoms with Crippen molar-refractivity contribution in [3.8, 4) is 0 Å². The highest BCUT2D eigenvalue weighted by Crippen LogP contribution is 2.31. The quantitative estimate of drug-likeness (QED) is 0.290. The zero-order valence-electron chi connectivity index (χ0n) is 11.6. The number of nitro benzene ring substituents is 1. The highest BCUT2D eigenvalue weighted by atomic mass is 32.2. The van der Waals surface area contributed by atoms with Crippen molar-refractivity contribution >= 4 is 45.0 Å². The van der Waals surface area contributed by atoms with Gasteiger partial charge in [0.1, 0.15) is 12.4 Å². The molecule has 3 aromatic rings. The summed E-state index contributed by atoms with van der Waals surface area (Å²) < 4.78 is 11.5. The molecule has 0 saturated carbocycles. The maximum absolute atomic E-state index is 11.7. The van der Waals surface area contributed by atoms with Crippen LogP contribution in [-0.4, -0.2) is 21.6 Å². The molecule has 0 bridgehead atoms. The summed E-state index contributed by atoms with van der Waals surface area (Å²) in [6, 6.07) is 7.93. The van der Waals surface area contributed by atoms with Crippen LogP contribution in [0.5, 0.6) is 0 Å². The Morgan fingerprint density at radius 2 is 2.30 bits per heavy atom. The summed E-state index contributed by atoms with van der Waals surface area (Å²) >= 11 is 2.55. The summed E-state index contributed by atoms with van der Waals surface area (Å²) in [6.07, 6.45) is 1.51. The van der Waals surface area contributed by atoms with Crippen molar-refractivity contribution in [3.63, 3.8) is 0 Å². The minimum absolute atomic E-state index is 0.0237. The largest absolute Gasteiger partial charge is 0.466 e. The van der Waals surface area contributed by atoms with Crippen LogP contribution in [0.4, 0.5) is 5.69 Å². The molecule has 7 nitrogen and oxygen atoms in total. The van der Waals surface area contributed by atoms with Gasteiger partial charge in [0, 0.05) is 12.1 Å². The number of aromatic nitrogens is 1. The van der Waals surface area contributed by atoms with Crippen LogP contribution in [0, 0.1) is 10.1 Å². The molecule has 118 valence electrons. The molecule has 0 radical (unpaired) electrons. The van der Waals surface area contributed by atoms with E-state index < -0.39 is 4.92 Å². The molecule has 0 fully saturated rings. The van der Waals surface area contributed by atoms with Gasteiger partial charge in [0.25, 0.3) is 5.69 Å². The number of carbonyl (C=O) groups is 1. The normalized spacial score (nSPS) is 10.8. The van der Waals surface area contributed by atoms with Crippen molar-refractivity contribution in [1.82, 2.24) is 4.98 Å². The summed E-state index contributed by atoms with van der Waals surface area (Å²) in [6.45, 7) is 0.0957. The molecular formula is C14H10N2O5S2. The molecule has 0 atom stereocenters. The fourth-order valence-electron chi connectivity index (χ4n) is 1.78. The van der Waals surface area contributed by atoms with Crippen LogP contribution in [0.2, 0.25) is 0 Å². The van der Waals surface area contributed by atoms with E-state index in [0.29, 0.717) is 20.3 Å². The van der Waals surface area contributed by atoms with Gasteiger partial charge in [0.2, 0.25) is 0 Å². The Hall–Kier alpha value is -2.39.